The quantitative estimate of drug-likeness (QED) is 0.111. The molecule has 0 aliphatic carbocycles. The molecule has 0 bridgehead atoms. The maximum absolute atomic E-state index is 5.00. The van der Waals surface area contributed by atoms with E-state index in [1.807, 2.05) is 0 Å². The predicted molar refractivity (Wildman–Crippen MR) is 201 cm³/mol. The monoisotopic (exact) mass is 833 g/mol. The Kier molecular flexibility index (Phi) is 11.8. The molecule has 2 heteroatoms. The van der Waals surface area contributed by atoms with Crippen LogP contribution in [0.4, 0.5) is 0 Å². The van der Waals surface area contributed by atoms with Gasteiger partial charge in [0.1, 0.15) is 0 Å². The Hall–Kier alpha value is -3.73. The molecule has 0 unspecified atom stereocenters. The van der Waals surface area contributed by atoms with Gasteiger partial charge in [0.2, 0.25) is 0 Å². The van der Waals surface area contributed by atoms with Gasteiger partial charge in [0, 0.05) is 21.5 Å². The Bertz CT molecular complexity index is 1680. The summed E-state index contributed by atoms with van der Waals surface area (Å²) in [5.41, 5.74) is 17.2. The van der Waals surface area contributed by atoms with E-state index < -0.39 is 0 Å². The molecule has 0 N–H and O–H groups in total. The third kappa shape index (κ3) is 8.74. The van der Waals surface area contributed by atoms with Crippen molar-refractivity contribution in [3.63, 3.8) is 0 Å². The molecule has 0 nitrogen and oxygen atoms in total. The van der Waals surface area contributed by atoms with Gasteiger partial charge >= 0.3 is 26.2 Å². The Morgan fingerprint density at radius 3 is 0.826 bits per heavy atom. The van der Waals surface area contributed by atoms with Gasteiger partial charge in [-0.05, 0) is 95.5 Å². The van der Waals surface area contributed by atoms with E-state index in [0.717, 1.165) is 0 Å². The van der Waals surface area contributed by atoms with Crippen molar-refractivity contribution in [3.8, 4) is 11.1 Å². The Labute approximate surface area is 309 Å². The fourth-order valence-corrected chi connectivity index (χ4v) is 5.48. The zero-order valence-electron chi connectivity index (χ0n) is 29.0. The van der Waals surface area contributed by atoms with E-state index in [-0.39, 0.29) is 44.8 Å². The van der Waals surface area contributed by atoms with Gasteiger partial charge < -0.3 is 0 Å². The largest absolute Gasteiger partial charge is 0 e. The average Bonchev–Trinajstić information content (AvgIpc) is 3.09. The minimum atomic E-state index is 0. The van der Waals surface area contributed by atoms with Crippen LogP contribution in [0.15, 0.2) is 146 Å². The molecule has 0 aliphatic rings. The number of hydrogen-bond donors (Lipinski definition) is 0. The van der Waals surface area contributed by atoms with Crippen LogP contribution >= 0.6 is 0 Å². The van der Waals surface area contributed by atoms with Gasteiger partial charge in [-0.1, -0.05) is 168 Å². The molecule has 2 radical (unpaired) electrons. The van der Waals surface area contributed by atoms with Crippen LogP contribution in [0.1, 0.15) is 58.6 Å². The van der Waals surface area contributed by atoms with E-state index in [0.29, 0.717) is 0 Å². The molecule has 0 saturated carbocycles. The van der Waals surface area contributed by atoms with Crippen molar-refractivity contribution in [2.45, 2.75) is 27.7 Å². The molecule has 0 spiro atoms. The molecule has 0 aliphatic heterocycles. The van der Waals surface area contributed by atoms with E-state index in [1.54, 1.807) is 0 Å². The summed E-state index contributed by atoms with van der Waals surface area (Å²) in [4.78, 5) is 0. The van der Waals surface area contributed by atoms with Crippen LogP contribution in [0, 0.1) is 27.7 Å². The fourth-order valence-electron chi connectivity index (χ4n) is 5.48. The second-order valence-corrected chi connectivity index (χ2v) is 11.8. The summed E-state index contributed by atoms with van der Waals surface area (Å²) < 4.78 is 10.0. The molecule has 0 aromatic heterocycles. The van der Waals surface area contributed by atoms with E-state index in [9.17, 15) is 0 Å². The molecule has 0 heterocycles. The second-order valence-electron chi connectivity index (χ2n) is 11.8. The minimum absolute atomic E-state index is 0. The molecule has 6 aromatic rings. The van der Waals surface area contributed by atoms with Crippen molar-refractivity contribution in [2.75, 3.05) is 0 Å². The Morgan fingerprint density at radius 2 is 0.609 bits per heavy atom. The maximum Gasteiger partial charge on any atom is 0 e. The summed E-state index contributed by atoms with van der Waals surface area (Å²) >= 11 is 0. The van der Waals surface area contributed by atoms with Crippen molar-refractivity contribution in [2.24, 2.45) is 0 Å². The molecule has 46 heavy (non-hydrogen) atoms. The number of benzene rings is 6. The molecule has 6 aromatic carbocycles. The van der Waals surface area contributed by atoms with Crippen molar-refractivity contribution in [3.05, 3.63) is 201 Å². The molecule has 0 fully saturated rings. The van der Waals surface area contributed by atoms with Crippen LogP contribution in [0.2, 0.25) is 0 Å². The zero-order valence-corrected chi connectivity index (χ0v) is 32.9. The molecule has 0 atom stereocenters. The molecule has 0 saturated heterocycles. The summed E-state index contributed by atoms with van der Waals surface area (Å²) in [6, 6.07) is 53.0. The van der Waals surface area contributed by atoms with Gasteiger partial charge in [0.05, 0.1) is 0 Å². The van der Waals surface area contributed by atoms with Crippen LogP contribution in [0.5, 0.6) is 0 Å². The van der Waals surface area contributed by atoms with Gasteiger partial charge in [0.15, 0.2) is 0 Å². The molecule has 228 valence electrons. The Balaban J connectivity index is 0.00000153. The standard InChI is InChI=1S/C44H38.Bi.V.H2.2H/c1-31-5-17-39(18-6-31)43(40-19-7-32(2)8-20-40)29-35-13-25-37(26-14-35)38-27-15-36(16-28-38)30-44(41-21-9-33(3)10-22-41)42-23-11-34(4)12-24-42;;;;;/h5-30H,1-4H3;;;1H;;/i;;;1+2D;;. The van der Waals surface area contributed by atoms with Gasteiger partial charge in [-0.2, -0.15) is 0 Å². The molecule has 6 rings (SSSR count). The number of aryl methyl sites for hydroxylation is 4. The molecular weight excluding hydrogens is 788 g/mol. The van der Waals surface area contributed by atoms with Gasteiger partial charge in [-0.15, -0.1) is 0 Å². The first kappa shape index (κ1) is 33.6. The molecule has 0 amide bonds. The summed E-state index contributed by atoms with van der Waals surface area (Å²) in [6.45, 7) is 8.53. The van der Waals surface area contributed by atoms with E-state index in [1.165, 1.54) is 77.9 Å². The van der Waals surface area contributed by atoms with Crippen LogP contribution < -0.4 is 0 Å². The second kappa shape index (κ2) is 16.2. The average molecular weight is 834 g/mol. The number of hydrogen-bond acceptors (Lipinski definition) is 0. The SMILES string of the molecule is Cc1ccc(C(=Cc2ccc(-c3ccc(C=C(c4ccc(C)cc4)c4ccc(C)cc4)cc3)cc2)c2ccc(C)cc2)cc1.[2H][3H].[BiH2].[V]. The smallest absolute Gasteiger partial charge is 0 e. The van der Waals surface area contributed by atoms with Crippen LogP contribution in [-0.2, 0) is 18.6 Å². The normalized spacial score (nSPS) is 10.4. The Morgan fingerprint density at radius 1 is 0.391 bits per heavy atom. The van der Waals surface area contributed by atoms with Crippen LogP contribution in [0.3, 0.4) is 0 Å². The van der Waals surface area contributed by atoms with E-state index in [2.05, 4.69) is 185 Å². The topological polar surface area (TPSA) is 0 Å². The predicted octanol–water partition coefficient (Wildman–Crippen LogP) is 11.1. The third-order valence-electron chi connectivity index (χ3n) is 8.23. The summed E-state index contributed by atoms with van der Waals surface area (Å²) in [7, 11) is 0. The van der Waals surface area contributed by atoms with Crippen LogP contribution in [0.25, 0.3) is 34.4 Å². The van der Waals surface area contributed by atoms with Crippen molar-refractivity contribution in [1.29, 1.82) is 0 Å². The first-order valence-corrected chi connectivity index (χ1v) is 15.3. The first-order valence-electron chi connectivity index (χ1n) is 16.3. The van der Waals surface area contributed by atoms with Crippen LogP contribution in [-0.4, -0.2) is 26.2 Å². The van der Waals surface area contributed by atoms with E-state index >= 15 is 0 Å². The minimum Gasteiger partial charge on any atom is 0 e. The van der Waals surface area contributed by atoms with Crippen molar-refractivity contribution >= 4 is 49.5 Å². The summed E-state index contributed by atoms with van der Waals surface area (Å²) in [5, 5.41) is 0. The maximum atomic E-state index is 5.00. The zero-order chi connectivity index (χ0) is 32.5. The summed E-state index contributed by atoms with van der Waals surface area (Å²) in [6.07, 6.45) is 4.59. The van der Waals surface area contributed by atoms with Crippen molar-refractivity contribution in [1.82, 2.24) is 0 Å². The summed E-state index contributed by atoms with van der Waals surface area (Å²) in [5.74, 6) is 0. The first-order chi connectivity index (χ1) is 22.4. The van der Waals surface area contributed by atoms with E-state index in [4.69, 9.17) is 2.97 Å². The van der Waals surface area contributed by atoms with Gasteiger partial charge in [0.25, 0.3) is 0 Å². The van der Waals surface area contributed by atoms with Gasteiger partial charge in [-0.3, -0.25) is 0 Å². The fraction of sp³-hybridized carbons (Fsp3) is 0.0909. The van der Waals surface area contributed by atoms with Crippen molar-refractivity contribution < 1.29 is 21.5 Å². The number of rotatable bonds is 7. The third-order valence-corrected chi connectivity index (χ3v) is 8.23. The van der Waals surface area contributed by atoms with Gasteiger partial charge in [-0.25, -0.2) is 0 Å². The molecular formula is C44H42BiV.